The zero-order valence-corrected chi connectivity index (χ0v) is 14.5. The van der Waals surface area contributed by atoms with Gasteiger partial charge in [0, 0.05) is 29.3 Å². The molecule has 1 amide bonds. The Morgan fingerprint density at radius 3 is 2.43 bits per heavy atom. The van der Waals surface area contributed by atoms with Crippen molar-refractivity contribution in [3.05, 3.63) is 29.3 Å². The monoisotopic (exact) mass is 331 g/mol. The fraction of sp³-hybridized carbons (Fsp3) is 0.533. The van der Waals surface area contributed by atoms with Gasteiger partial charge in [-0.1, -0.05) is 26.3 Å². The quantitative estimate of drug-likeness (QED) is 0.750. The second-order valence-electron chi connectivity index (χ2n) is 5.28. The van der Waals surface area contributed by atoms with Gasteiger partial charge < -0.3 is 4.90 Å². The van der Waals surface area contributed by atoms with Crippen molar-refractivity contribution in [1.29, 1.82) is 0 Å². The van der Waals surface area contributed by atoms with Crippen LogP contribution in [0.25, 0.3) is 0 Å². The summed E-state index contributed by atoms with van der Waals surface area (Å²) in [6, 6.07) is 4.61. The Kier molecular flexibility index (Phi) is 6.23. The smallest absolute Gasteiger partial charge is 0.261 e. The first-order valence-corrected chi connectivity index (χ1v) is 9.36. The van der Waals surface area contributed by atoms with Gasteiger partial charge in [0.1, 0.15) is 0 Å². The SMILES string of the molecule is CCC(C)CN(CC)C(=O)c1ccc(C)c(S(=O)(=O)Cl)c1. The molecule has 0 aliphatic carbocycles. The van der Waals surface area contributed by atoms with E-state index in [4.69, 9.17) is 10.7 Å². The van der Waals surface area contributed by atoms with Crippen LogP contribution in [0, 0.1) is 12.8 Å². The van der Waals surface area contributed by atoms with Crippen molar-refractivity contribution >= 4 is 25.6 Å². The largest absolute Gasteiger partial charge is 0.339 e. The zero-order chi connectivity index (χ0) is 16.2. The summed E-state index contributed by atoms with van der Waals surface area (Å²) in [4.78, 5) is 14.2. The van der Waals surface area contributed by atoms with Crippen LogP contribution >= 0.6 is 10.7 Å². The van der Waals surface area contributed by atoms with Crippen LogP contribution in [0.5, 0.6) is 0 Å². The first kappa shape index (κ1) is 18.0. The highest BCUT2D eigenvalue weighted by atomic mass is 35.7. The highest BCUT2D eigenvalue weighted by Gasteiger charge is 2.20. The van der Waals surface area contributed by atoms with E-state index in [1.54, 1.807) is 24.0 Å². The third-order valence-electron chi connectivity index (χ3n) is 3.60. The van der Waals surface area contributed by atoms with Gasteiger partial charge in [-0.3, -0.25) is 4.79 Å². The second kappa shape index (κ2) is 7.27. The molecule has 0 spiro atoms. The molecule has 0 fully saturated rings. The van der Waals surface area contributed by atoms with E-state index in [2.05, 4.69) is 13.8 Å². The lowest BCUT2D eigenvalue weighted by Crippen LogP contribution is -2.34. The summed E-state index contributed by atoms with van der Waals surface area (Å²) in [5.74, 6) is 0.231. The summed E-state index contributed by atoms with van der Waals surface area (Å²) in [7, 11) is 1.56. The molecule has 0 saturated carbocycles. The number of aryl methyl sites for hydroxylation is 1. The van der Waals surface area contributed by atoms with E-state index in [0.29, 0.717) is 30.1 Å². The third kappa shape index (κ3) is 4.71. The van der Waals surface area contributed by atoms with Gasteiger partial charge in [-0.25, -0.2) is 8.42 Å². The summed E-state index contributed by atoms with van der Waals surface area (Å²) in [5, 5.41) is 0. The minimum Gasteiger partial charge on any atom is -0.339 e. The molecule has 1 rings (SSSR count). The number of carbonyl (C=O) groups is 1. The fourth-order valence-electron chi connectivity index (χ4n) is 2.04. The normalized spacial score (nSPS) is 13.0. The van der Waals surface area contributed by atoms with Gasteiger partial charge in [0.05, 0.1) is 4.90 Å². The Balaban J connectivity index is 3.12. The van der Waals surface area contributed by atoms with Crippen molar-refractivity contribution in [3.8, 4) is 0 Å². The molecule has 1 atom stereocenters. The van der Waals surface area contributed by atoms with Crippen LogP contribution in [-0.4, -0.2) is 32.3 Å². The van der Waals surface area contributed by atoms with Crippen LogP contribution in [0.3, 0.4) is 0 Å². The lowest BCUT2D eigenvalue weighted by molar-refractivity contribution is 0.0740. The molecule has 0 aromatic heterocycles. The van der Waals surface area contributed by atoms with Gasteiger partial charge in [0.25, 0.3) is 15.0 Å². The minimum absolute atomic E-state index is 0.00499. The van der Waals surface area contributed by atoms with E-state index in [0.717, 1.165) is 6.42 Å². The van der Waals surface area contributed by atoms with E-state index in [1.165, 1.54) is 6.07 Å². The third-order valence-corrected chi connectivity index (χ3v) is 5.06. The second-order valence-corrected chi connectivity index (χ2v) is 7.81. The van der Waals surface area contributed by atoms with Crippen LogP contribution in [0.15, 0.2) is 23.1 Å². The number of carbonyl (C=O) groups excluding carboxylic acids is 1. The maximum absolute atomic E-state index is 12.5. The number of halogens is 1. The first-order valence-electron chi connectivity index (χ1n) is 7.05. The number of hydrogen-bond donors (Lipinski definition) is 0. The minimum atomic E-state index is -3.85. The highest BCUT2D eigenvalue weighted by Crippen LogP contribution is 2.22. The number of amides is 1. The van der Waals surface area contributed by atoms with Crippen molar-refractivity contribution in [1.82, 2.24) is 4.90 Å². The van der Waals surface area contributed by atoms with Gasteiger partial charge >= 0.3 is 0 Å². The summed E-state index contributed by atoms with van der Waals surface area (Å²) >= 11 is 0. The molecule has 0 aliphatic heterocycles. The van der Waals surface area contributed by atoms with Crippen molar-refractivity contribution in [2.45, 2.75) is 39.0 Å². The van der Waals surface area contributed by atoms with E-state index in [-0.39, 0.29) is 10.8 Å². The molecule has 0 saturated heterocycles. The van der Waals surface area contributed by atoms with Gasteiger partial charge in [0.15, 0.2) is 0 Å². The lowest BCUT2D eigenvalue weighted by Gasteiger charge is -2.24. The van der Waals surface area contributed by atoms with Crippen molar-refractivity contribution in [2.75, 3.05) is 13.1 Å². The molecule has 1 aromatic rings. The highest BCUT2D eigenvalue weighted by molar-refractivity contribution is 8.13. The molecule has 0 N–H and O–H groups in total. The summed E-state index contributed by atoms with van der Waals surface area (Å²) in [6.07, 6.45) is 0.985. The molecule has 0 radical (unpaired) electrons. The molecule has 0 heterocycles. The number of hydrogen-bond acceptors (Lipinski definition) is 3. The Labute approximate surface area is 131 Å². The molecule has 118 valence electrons. The molecule has 21 heavy (non-hydrogen) atoms. The predicted octanol–water partition coefficient (Wildman–Crippen LogP) is 3.43. The number of rotatable bonds is 6. The zero-order valence-electron chi connectivity index (χ0n) is 12.9. The number of benzene rings is 1. The Bertz CT molecular complexity index is 613. The summed E-state index contributed by atoms with van der Waals surface area (Å²) in [5.41, 5.74) is 0.886. The molecule has 4 nitrogen and oxygen atoms in total. The van der Waals surface area contributed by atoms with Gasteiger partial charge in [-0.15, -0.1) is 0 Å². The maximum atomic E-state index is 12.5. The molecule has 0 bridgehead atoms. The maximum Gasteiger partial charge on any atom is 0.261 e. The van der Waals surface area contributed by atoms with Crippen LogP contribution in [0.2, 0.25) is 0 Å². The Morgan fingerprint density at radius 1 is 1.33 bits per heavy atom. The van der Waals surface area contributed by atoms with Gasteiger partial charge in [-0.2, -0.15) is 0 Å². The topological polar surface area (TPSA) is 54.5 Å². The van der Waals surface area contributed by atoms with Crippen LogP contribution in [-0.2, 0) is 9.05 Å². The fourth-order valence-corrected chi connectivity index (χ4v) is 3.26. The Morgan fingerprint density at radius 2 is 1.95 bits per heavy atom. The van der Waals surface area contributed by atoms with Crippen LogP contribution in [0.1, 0.15) is 43.1 Å². The van der Waals surface area contributed by atoms with E-state index in [9.17, 15) is 13.2 Å². The van der Waals surface area contributed by atoms with Gasteiger partial charge in [0.2, 0.25) is 0 Å². The predicted molar refractivity (Wildman–Crippen MR) is 85.3 cm³/mol. The lowest BCUT2D eigenvalue weighted by atomic mass is 10.1. The molecular weight excluding hydrogens is 310 g/mol. The molecule has 1 aromatic carbocycles. The standard InChI is InChI=1S/C15H22ClNO3S/c1-5-11(3)10-17(6-2)15(18)13-8-7-12(4)14(9-13)21(16,19)20/h7-9,11H,5-6,10H2,1-4H3. The summed E-state index contributed by atoms with van der Waals surface area (Å²) < 4.78 is 23.1. The molecule has 1 unspecified atom stereocenters. The van der Waals surface area contributed by atoms with Crippen molar-refractivity contribution in [3.63, 3.8) is 0 Å². The van der Waals surface area contributed by atoms with E-state index in [1.807, 2.05) is 6.92 Å². The van der Waals surface area contributed by atoms with Crippen LogP contribution < -0.4 is 0 Å². The molecular formula is C15H22ClNO3S. The van der Waals surface area contributed by atoms with Gasteiger partial charge in [-0.05, 0) is 37.5 Å². The van der Waals surface area contributed by atoms with E-state index >= 15 is 0 Å². The van der Waals surface area contributed by atoms with E-state index < -0.39 is 9.05 Å². The number of nitrogens with zero attached hydrogens (tertiary/aromatic N) is 1. The average Bonchev–Trinajstić information content (AvgIpc) is 2.42. The molecule has 0 aliphatic rings. The van der Waals surface area contributed by atoms with Crippen molar-refractivity contribution in [2.24, 2.45) is 5.92 Å². The summed E-state index contributed by atoms with van der Waals surface area (Å²) in [6.45, 7) is 8.96. The first-order chi connectivity index (χ1) is 9.70. The Hall–Kier alpha value is -1.07. The molecule has 6 heteroatoms. The average molecular weight is 332 g/mol. The van der Waals surface area contributed by atoms with Crippen molar-refractivity contribution < 1.29 is 13.2 Å². The van der Waals surface area contributed by atoms with Crippen LogP contribution in [0.4, 0.5) is 0 Å².